The molecule has 1 aliphatic rings. The lowest BCUT2D eigenvalue weighted by Gasteiger charge is -2.34. The second-order valence-electron chi connectivity index (χ2n) is 7.13. The van der Waals surface area contributed by atoms with Gasteiger partial charge in [-0.3, -0.25) is 0 Å². The number of thiazole rings is 1. The number of nitrogens with zero attached hydrogens (tertiary/aromatic N) is 3. The molecular weight excluding hydrogens is 384 g/mol. The fraction of sp³-hybridized carbons (Fsp3) is 0.364. The quantitative estimate of drug-likeness (QED) is 0.629. The van der Waals surface area contributed by atoms with Gasteiger partial charge in [0.1, 0.15) is 5.75 Å². The van der Waals surface area contributed by atoms with E-state index >= 15 is 0 Å². The number of amides is 2. The summed E-state index contributed by atoms with van der Waals surface area (Å²) in [4.78, 5) is 21.3. The third kappa shape index (κ3) is 4.79. The van der Waals surface area contributed by atoms with E-state index in [1.54, 1.807) is 18.4 Å². The Kier molecular flexibility index (Phi) is 6.14. The zero-order valence-electron chi connectivity index (χ0n) is 16.6. The Bertz CT molecular complexity index is 952. The molecule has 0 atom stereocenters. The van der Waals surface area contributed by atoms with E-state index in [0.29, 0.717) is 19.6 Å². The summed E-state index contributed by atoms with van der Waals surface area (Å²) in [5.74, 6) is 0.849. The van der Waals surface area contributed by atoms with Gasteiger partial charge in [0.25, 0.3) is 0 Å². The predicted octanol–water partition coefficient (Wildman–Crippen LogP) is 3.77. The smallest absolute Gasteiger partial charge is 0.317 e. The molecule has 4 rings (SSSR count). The number of fused-ring (bicyclic) bond motifs is 1. The van der Waals surface area contributed by atoms with Gasteiger partial charge in [-0.25, -0.2) is 9.78 Å². The van der Waals surface area contributed by atoms with E-state index in [1.165, 1.54) is 5.56 Å². The van der Waals surface area contributed by atoms with Crippen LogP contribution in [0.1, 0.15) is 12.0 Å². The standard InChI is InChI=1S/C22H26N4O2S/c1-28-18-9-10-19-20(16-18)29-22(24-19)26-14-12-25(13-15-26)21(27)23-11-5-8-17-6-3-2-4-7-17/h2-4,6-7,9-10,16H,5,8,11-15H2,1H3,(H,23,27). The highest BCUT2D eigenvalue weighted by Crippen LogP contribution is 2.31. The Hall–Kier alpha value is -2.80. The topological polar surface area (TPSA) is 57.7 Å². The van der Waals surface area contributed by atoms with Crippen molar-refractivity contribution in [2.24, 2.45) is 0 Å². The van der Waals surface area contributed by atoms with E-state index in [1.807, 2.05) is 29.2 Å². The number of carbonyl (C=O) groups excluding carboxylic acids is 1. The number of aryl methyl sites for hydroxylation is 1. The molecule has 1 saturated heterocycles. The number of nitrogens with one attached hydrogen (secondary N) is 1. The first-order valence-electron chi connectivity index (χ1n) is 9.99. The first-order valence-corrected chi connectivity index (χ1v) is 10.8. The van der Waals surface area contributed by atoms with E-state index < -0.39 is 0 Å². The SMILES string of the molecule is COc1ccc2nc(N3CCN(C(=O)NCCCc4ccccc4)CC3)sc2c1. The van der Waals surface area contributed by atoms with Crippen molar-refractivity contribution < 1.29 is 9.53 Å². The molecule has 0 spiro atoms. The van der Waals surface area contributed by atoms with Crippen molar-refractivity contribution in [3.8, 4) is 5.75 Å². The number of aromatic nitrogens is 1. The lowest BCUT2D eigenvalue weighted by molar-refractivity contribution is 0.194. The van der Waals surface area contributed by atoms with Crippen molar-refractivity contribution in [1.82, 2.24) is 15.2 Å². The average molecular weight is 411 g/mol. The van der Waals surface area contributed by atoms with Crippen molar-refractivity contribution in [2.45, 2.75) is 12.8 Å². The van der Waals surface area contributed by atoms with Crippen LogP contribution in [0, 0.1) is 0 Å². The lowest BCUT2D eigenvalue weighted by atomic mass is 10.1. The summed E-state index contributed by atoms with van der Waals surface area (Å²) >= 11 is 1.67. The van der Waals surface area contributed by atoms with Crippen LogP contribution in [-0.4, -0.2) is 55.7 Å². The number of rotatable bonds is 6. The molecule has 0 bridgehead atoms. The van der Waals surface area contributed by atoms with Crippen LogP contribution in [0.15, 0.2) is 48.5 Å². The van der Waals surface area contributed by atoms with Gasteiger partial charge in [0, 0.05) is 32.7 Å². The van der Waals surface area contributed by atoms with Gasteiger partial charge in [0.05, 0.1) is 17.3 Å². The second kappa shape index (κ2) is 9.13. The molecule has 0 radical (unpaired) electrons. The highest BCUT2D eigenvalue weighted by atomic mass is 32.1. The largest absolute Gasteiger partial charge is 0.497 e. The summed E-state index contributed by atoms with van der Waals surface area (Å²) in [5, 5.41) is 4.06. The molecule has 3 aromatic rings. The molecule has 6 nitrogen and oxygen atoms in total. The summed E-state index contributed by atoms with van der Waals surface area (Å²) in [6.07, 6.45) is 1.93. The van der Waals surface area contributed by atoms with Crippen molar-refractivity contribution in [2.75, 3.05) is 44.7 Å². The molecule has 0 unspecified atom stereocenters. The third-order valence-electron chi connectivity index (χ3n) is 5.18. The maximum Gasteiger partial charge on any atom is 0.317 e. The number of carbonyl (C=O) groups is 1. The Morgan fingerprint density at radius 3 is 2.69 bits per heavy atom. The van der Waals surface area contributed by atoms with Crippen LogP contribution in [0.2, 0.25) is 0 Å². The maximum absolute atomic E-state index is 12.4. The number of ether oxygens (including phenoxy) is 1. The average Bonchev–Trinajstić information content (AvgIpc) is 3.20. The molecule has 0 saturated carbocycles. The van der Waals surface area contributed by atoms with Crippen LogP contribution >= 0.6 is 11.3 Å². The van der Waals surface area contributed by atoms with Gasteiger partial charge in [-0.1, -0.05) is 41.7 Å². The summed E-state index contributed by atoms with van der Waals surface area (Å²) in [6.45, 7) is 3.73. The number of hydrogen-bond acceptors (Lipinski definition) is 5. The third-order valence-corrected chi connectivity index (χ3v) is 6.26. The molecular formula is C22H26N4O2S. The molecule has 29 heavy (non-hydrogen) atoms. The number of hydrogen-bond donors (Lipinski definition) is 1. The number of anilines is 1. The molecule has 2 amide bonds. The Labute approximate surface area is 175 Å². The van der Waals surface area contributed by atoms with Gasteiger partial charge in [0.2, 0.25) is 0 Å². The van der Waals surface area contributed by atoms with Crippen LogP contribution in [0.5, 0.6) is 5.75 Å². The van der Waals surface area contributed by atoms with Gasteiger partial charge < -0.3 is 19.9 Å². The van der Waals surface area contributed by atoms with Crippen molar-refractivity contribution >= 4 is 32.7 Å². The molecule has 1 fully saturated rings. The van der Waals surface area contributed by atoms with Crippen LogP contribution < -0.4 is 15.0 Å². The minimum Gasteiger partial charge on any atom is -0.497 e. The number of methoxy groups -OCH3 is 1. The molecule has 2 aromatic carbocycles. The van der Waals surface area contributed by atoms with Crippen LogP contribution in [0.3, 0.4) is 0 Å². The van der Waals surface area contributed by atoms with Gasteiger partial charge in [-0.15, -0.1) is 0 Å². The second-order valence-corrected chi connectivity index (χ2v) is 8.13. The number of benzene rings is 2. The molecule has 152 valence electrons. The Morgan fingerprint density at radius 1 is 1.14 bits per heavy atom. The van der Waals surface area contributed by atoms with Crippen molar-refractivity contribution in [1.29, 1.82) is 0 Å². The Balaban J connectivity index is 1.24. The fourth-order valence-corrected chi connectivity index (χ4v) is 4.55. The fourth-order valence-electron chi connectivity index (χ4n) is 3.50. The monoisotopic (exact) mass is 410 g/mol. The molecule has 7 heteroatoms. The van der Waals surface area contributed by atoms with E-state index in [-0.39, 0.29) is 6.03 Å². The van der Waals surface area contributed by atoms with Crippen LogP contribution in [-0.2, 0) is 6.42 Å². The van der Waals surface area contributed by atoms with Gasteiger partial charge in [-0.05, 0) is 36.6 Å². The molecule has 1 aromatic heterocycles. The summed E-state index contributed by atoms with van der Waals surface area (Å²) in [6, 6.07) is 16.4. The van der Waals surface area contributed by atoms with Crippen molar-refractivity contribution in [3.63, 3.8) is 0 Å². The molecule has 0 aliphatic carbocycles. The van der Waals surface area contributed by atoms with Crippen molar-refractivity contribution in [3.05, 3.63) is 54.1 Å². The summed E-state index contributed by atoms with van der Waals surface area (Å²) in [7, 11) is 1.68. The van der Waals surface area contributed by atoms with E-state index in [4.69, 9.17) is 9.72 Å². The van der Waals surface area contributed by atoms with Crippen LogP contribution in [0.4, 0.5) is 9.93 Å². The van der Waals surface area contributed by atoms with E-state index in [0.717, 1.165) is 47.0 Å². The highest BCUT2D eigenvalue weighted by Gasteiger charge is 2.23. The lowest BCUT2D eigenvalue weighted by Crippen LogP contribution is -2.52. The molecule has 1 aliphatic heterocycles. The van der Waals surface area contributed by atoms with Gasteiger partial charge in [0.15, 0.2) is 5.13 Å². The molecule has 2 heterocycles. The molecule has 1 N–H and O–H groups in total. The zero-order valence-corrected chi connectivity index (χ0v) is 17.5. The first kappa shape index (κ1) is 19.5. The number of piperazine rings is 1. The van der Waals surface area contributed by atoms with Gasteiger partial charge in [-0.2, -0.15) is 0 Å². The van der Waals surface area contributed by atoms with E-state index in [2.05, 4.69) is 34.5 Å². The van der Waals surface area contributed by atoms with Crippen LogP contribution in [0.25, 0.3) is 10.2 Å². The predicted molar refractivity (Wildman–Crippen MR) is 118 cm³/mol. The van der Waals surface area contributed by atoms with Gasteiger partial charge >= 0.3 is 6.03 Å². The highest BCUT2D eigenvalue weighted by molar-refractivity contribution is 7.22. The maximum atomic E-state index is 12.4. The summed E-state index contributed by atoms with van der Waals surface area (Å²) in [5.41, 5.74) is 2.30. The number of urea groups is 1. The first-order chi connectivity index (χ1) is 14.2. The normalized spacial score (nSPS) is 14.2. The zero-order chi connectivity index (χ0) is 20.1. The van der Waals surface area contributed by atoms with E-state index in [9.17, 15) is 4.79 Å². The summed E-state index contributed by atoms with van der Waals surface area (Å²) < 4.78 is 6.42. The minimum atomic E-state index is 0.0340. The Morgan fingerprint density at radius 2 is 1.93 bits per heavy atom. The minimum absolute atomic E-state index is 0.0340.